The van der Waals surface area contributed by atoms with Crippen molar-refractivity contribution in [2.45, 2.75) is 18.9 Å². The summed E-state index contributed by atoms with van der Waals surface area (Å²) in [5.74, 6) is 1.17. The van der Waals surface area contributed by atoms with E-state index in [9.17, 15) is 9.90 Å². The largest absolute Gasteiger partial charge is 0.386 e. The number of aromatic nitrogens is 2. The number of hydrogen-bond donors (Lipinski definition) is 1. The van der Waals surface area contributed by atoms with Gasteiger partial charge in [-0.15, -0.1) is 0 Å². The standard InChI is InChI=1S/C16H20N4O3/c1-12-9-13(18-23-12)15(21)19(2)10-16(22)6-8-20(11-16)14-5-3-4-7-17-14/h3-5,7,9,22H,6,8,10-11H2,1-2H3. The van der Waals surface area contributed by atoms with E-state index in [-0.39, 0.29) is 18.1 Å². The second kappa shape index (κ2) is 6.00. The van der Waals surface area contributed by atoms with Gasteiger partial charge in [-0.3, -0.25) is 4.79 Å². The zero-order chi connectivity index (χ0) is 16.4. The van der Waals surface area contributed by atoms with Crippen molar-refractivity contribution >= 4 is 11.7 Å². The van der Waals surface area contributed by atoms with Gasteiger partial charge in [0.25, 0.3) is 5.91 Å². The van der Waals surface area contributed by atoms with E-state index in [1.807, 2.05) is 23.1 Å². The fraction of sp³-hybridized carbons (Fsp3) is 0.438. The number of likely N-dealkylation sites (N-methyl/N-ethyl adjacent to an activating group) is 1. The third-order valence-electron chi connectivity index (χ3n) is 4.03. The molecule has 3 rings (SSSR count). The summed E-state index contributed by atoms with van der Waals surface area (Å²) in [6, 6.07) is 7.29. The minimum atomic E-state index is -0.958. The number of pyridine rings is 1. The first kappa shape index (κ1) is 15.5. The predicted molar refractivity (Wildman–Crippen MR) is 84.2 cm³/mol. The number of nitrogens with zero attached hydrogens (tertiary/aromatic N) is 4. The van der Waals surface area contributed by atoms with Crippen LogP contribution < -0.4 is 4.90 Å². The molecule has 0 saturated carbocycles. The van der Waals surface area contributed by atoms with Crippen LogP contribution in [0, 0.1) is 6.92 Å². The molecule has 1 unspecified atom stereocenters. The molecule has 1 aliphatic rings. The summed E-state index contributed by atoms with van der Waals surface area (Å²) in [4.78, 5) is 20.1. The molecule has 2 aromatic heterocycles. The number of amides is 1. The summed E-state index contributed by atoms with van der Waals surface area (Å²) >= 11 is 0. The van der Waals surface area contributed by atoms with Crippen molar-refractivity contribution in [3.63, 3.8) is 0 Å². The predicted octanol–water partition coefficient (Wildman–Crippen LogP) is 1.09. The van der Waals surface area contributed by atoms with Crippen molar-refractivity contribution in [2.75, 3.05) is 31.6 Å². The normalized spacial score (nSPS) is 20.7. The summed E-state index contributed by atoms with van der Waals surface area (Å²) < 4.78 is 4.93. The summed E-state index contributed by atoms with van der Waals surface area (Å²) in [6.45, 7) is 3.12. The lowest BCUT2D eigenvalue weighted by Crippen LogP contribution is -2.46. The highest BCUT2D eigenvalue weighted by Gasteiger charge is 2.38. The Kier molecular flexibility index (Phi) is 4.04. The molecule has 0 bridgehead atoms. The molecule has 1 atom stereocenters. The van der Waals surface area contributed by atoms with Gasteiger partial charge in [-0.1, -0.05) is 11.2 Å². The van der Waals surface area contributed by atoms with Crippen LogP contribution in [0.5, 0.6) is 0 Å². The summed E-state index contributed by atoms with van der Waals surface area (Å²) in [5, 5.41) is 14.5. The first-order valence-corrected chi connectivity index (χ1v) is 7.54. The van der Waals surface area contributed by atoms with E-state index < -0.39 is 5.60 Å². The quantitative estimate of drug-likeness (QED) is 0.909. The Bertz CT molecular complexity index is 688. The Morgan fingerprint density at radius 3 is 3.00 bits per heavy atom. The zero-order valence-corrected chi connectivity index (χ0v) is 13.3. The van der Waals surface area contributed by atoms with Crippen molar-refractivity contribution < 1.29 is 14.4 Å². The molecule has 0 aliphatic carbocycles. The second-order valence-corrected chi connectivity index (χ2v) is 6.07. The highest BCUT2D eigenvalue weighted by Crippen LogP contribution is 2.26. The third kappa shape index (κ3) is 3.34. The van der Waals surface area contributed by atoms with Crippen LogP contribution in [-0.4, -0.2) is 58.3 Å². The molecule has 7 heteroatoms. The van der Waals surface area contributed by atoms with Gasteiger partial charge in [-0.05, 0) is 25.5 Å². The number of aliphatic hydroxyl groups is 1. The fourth-order valence-corrected chi connectivity index (χ4v) is 2.90. The molecule has 3 heterocycles. The van der Waals surface area contributed by atoms with Gasteiger partial charge in [-0.25, -0.2) is 4.98 Å². The number of carbonyl (C=O) groups is 1. The van der Waals surface area contributed by atoms with Gasteiger partial charge >= 0.3 is 0 Å². The van der Waals surface area contributed by atoms with Crippen molar-refractivity contribution in [1.82, 2.24) is 15.0 Å². The molecule has 2 aromatic rings. The molecule has 7 nitrogen and oxygen atoms in total. The highest BCUT2D eigenvalue weighted by atomic mass is 16.5. The summed E-state index contributed by atoms with van der Waals surface area (Å²) in [5.41, 5.74) is -0.700. The SMILES string of the molecule is Cc1cc(C(=O)N(C)CC2(O)CCN(c3ccccn3)C2)no1. The number of rotatable bonds is 4. The third-order valence-corrected chi connectivity index (χ3v) is 4.03. The molecular weight excluding hydrogens is 296 g/mol. The van der Waals surface area contributed by atoms with Crippen molar-refractivity contribution in [1.29, 1.82) is 0 Å². The van der Waals surface area contributed by atoms with E-state index in [2.05, 4.69) is 10.1 Å². The molecule has 122 valence electrons. The number of anilines is 1. The smallest absolute Gasteiger partial charge is 0.275 e. The Morgan fingerprint density at radius 2 is 2.35 bits per heavy atom. The van der Waals surface area contributed by atoms with E-state index in [1.54, 1.807) is 26.2 Å². The van der Waals surface area contributed by atoms with Crippen molar-refractivity contribution in [2.24, 2.45) is 0 Å². The van der Waals surface area contributed by atoms with Crippen LogP contribution in [0.3, 0.4) is 0 Å². The van der Waals surface area contributed by atoms with Gasteiger partial charge in [0.1, 0.15) is 17.2 Å². The van der Waals surface area contributed by atoms with E-state index >= 15 is 0 Å². The number of hydrogen-bond acceptors (Lipinski definition) is 6. The molecule has 0 spiro atoms. The molecule has 0 aromatic carbocycles. The van der Waals surface area contributed by atoms with Gasteiger partial charge in [0, 0.05) is 32.4 Å². The van der Waals surface area contributed by atoms with Crippen LogP contribution in [0.25, 0.3) is 0 Å². The molecule has 1 saturated heterocycles. The van der Waals surface area contributed by atoms with Crippen molar-refractivity contribution in [3.05, 3.63) is 41.9 Å². The molecule has 1 fully saturated rings. The van der Waals surface area contributed by atoms with Crippen LogP contribution in [0.15, 0.2) is 35.0 Å². The second-order valence-electron chi connectivity index (χ2n) is 6.07. The summed E-state index contributed by atoms with van der Waals surface area (Å²) in [7, 11) is 1.66. The minimum Gasteiger partial charge on any atom is -0.386 e. The maximum absolute atomic E-state index is 12.3. The van der Waals surface area contributed by atoms with E-state index in [4.69, 9.17) is 4.52 Å². The van der Waals surface area contributed by atoms with Crippen LogP contribution >= 0.6 is 0 Å². The van der Waals surface area contributed by atoms with Crippen LogP contribution in [-0.2, 0) is 0 Å². The molecular formula is C16H20N4O3. The molecule has 1 amide bonds. The zero-order valence-electron chi connectivity index (χ0n) is 13.3. The maximum Gasteiger partial charge on any atom is 0.275 e. The average molecular weight is 316 g/mol. The lowest BCUT2D eigenvalue weighted by Gasteiger charge is -2.28. The Labute approximate surface area is 134 Å². The number of β-amino-alcohol motifs (C(OH)–C–C–N with tert-alkyl or cyclic N) is 1. The number of carbonyl (C=O) groups excluding carboxylic acids is 1. The Balaban J connectivity index is 1.64. The lowest BCUT2D eigenvalue weighted by atomic mass is 10.0. The van der Waals surface area contributed by atoms with E-state index in [0.717, 1.165) is 5.82 Å². The van der Waals surface area contributed by atoms with Crippen LogP contribution in [0.1, 0.15) is 22.7 Å². The highest BCUT2D eigenvalue weighted by molar-refractivity contribution is 5.92. The first-order valence-electron chi connectivity index (χ1n) is 7.54. The van der Waals surface area contributed by atoms with Gasteiger partial charge in [0.2, 0.25) is 0 Å². The molecule has 23 heavy (non-hydrogen) atoms. The van der Waals surface area contributed by atoms with Gasteiger partial charge in [0.05, 0.1) is 6.54 Å². The molecule has 1 aliphatic heterocycles. The number of aryl methyl sites for hydroxylation is 1. The Morgan fingerprint density at radius 1 is 1.52 bits per heavy atom. The minimum absolute atomic E-state index is 0.237. The van der Waals surface area contributed by atoms with Crippen molar-refractivity contribution in [3.8, 4) is 0 Å². The van der Waals surface area contributed by atoms with Gasteiger partial charge in [-0.2, -0.15) is 0 Å². The van der Waals surface area contributed by atoms with Crippen LogP contribution in [0.4, 0.5) is 5.82 Å². The van der Waals surface area contributed by atoms with Gasteiger partial charge in [0.15, 0.2) is 5.69 Å². The summed E-state index contributed by atoms with van der Waals surface area (Å²) in [6.07, 6.45) is 2.31. The first-order chi connectivity index (χ1) is 11.0. The van der Waals surface area contributed by atoms with E-state index in [0.29, 0.717) is 25.3 Å². The monoisotopic (exact) mass is 316 g/mol. The Hall–Kier alpha value is -2.41. The van der Waals surface area contributed by atoms with E-state index in [1.165, 1.54) is 4.90 Å². The van der Waals surface area contributed by atoms with Gasteiger partial charge < -0.3 is 19.4 Å². The lowest BCUT2D eigenvalue weighted by molar-refractivity contribution is 0.0260. The average Bonchev–Trinajstić information content (AvgIpc) is 3.14. The molecule has 1 N–H and O–H groups in total. The fourth-order valence-electron chi connectivity index (χ4n) is 2.90. The molecule has 0 radical (unpaired) electrons. The van der Waals surface area contributed by atoms with Crippen LogP contribution in [0.2, 0.25) is 0 Å². The maximum atomic E-state index is 12.3. The topological polar surface area (TPSA) is 82.7 Å².